The van der Waals surface area contributed by atoms with Crippen LogP contribution < -0.4 is 4.90 Å². The van der Waals surface area contributed by atoms with Crippen molar-refractivity contribution in [2.45, 2.75) is 0 Å². The Morgan fingerprint density at radius 2 is 1.59 bits per heavy atom. The molecule has 0 aliphatic carbocycles. The predicted molar refractivity (Wildman–Crippen MR) is 102 cm³/mol. The number of amides is 3. The number of hydrogen-bond donors (Lipinski definition) is 0. The van der Waals surface area contributed by atoms with Gasteiger partial charge in [0.1, 0.15) is 11.5 Å². The molecule has 2 fully saturated rings. The molecule has 0 N–H and O–H groups in total. The van der Waals surface area contributed by atoms with Crippen LogP contribution in [0.3, 0.4) is 0 Å². The zero-order valence-electron chi connectivity index (χ0n) is 15.9. The SMILES string of the molecule is O=CN1CCN(c2cnc(C(=O)N3CCN(C(=O)c4ccco4)CC3)cn2)CC1. The normalized spacial score (nSPS) is 17.4. The highest BCUT2D eigenvalue weighted by atomic mass is 16.3. The van der Waals surface area contributed by atoms with E-state index in [0.717, 1.165) is 6.41 Å². The molecule has 0 saturated carbocycles. The monoisotopic (exact) mass is 398 g/mol. The summed E-state index contributed by atoms with van der Waals surface area (Å²) in [6.45, 7) is 4.42. The van der Waals surface area contributed by atoms with Crippen molar-refractivity contribution in [1.29, 1.82) is 0 Å². The molecule has 10 nitrogen and oxygen atoms in total. The van der Waals surface area contributed by atoms with Gasteiger partial charge in [0.2, 0.25) is 6.41 Å². The topological polar surface area (TPSA) is 103 Å². The number of nitrogens with zero attached hydrogens (tertiary/aromatic N) is 6. The molecular weight excluding hydrogens is 376 g/mol. The number of anilines is 1. The molecule has 29 heavy (non-hydrogen) atoms. The average molecular weight is 398 g/mol. The molecule has 2 saturated heterocycles. The first-order chi connectivity index (χ1) is 14.2. The molecule has 0 radical (unpaired) electrons. The molecule has 4 heterocycles. The first-order valence-electron chi connectivity index (χ1n) is 9.54. The lowest BCUT2D eigenvalue weighted by molar-refractivity contribution is -0.118. The second kappa shape index (κ2) is 8.29. The number of carbonyl (C=O) groups excluding carboxylic acids is 3. The predicted octanol–water partition coefficient (Wildman–Crippen LogP) is -0.0538. The van der Waals surface area contributed by atoms with E-state index in [1.807, 2.05) is 4.90 Å². The standard InChI is InChI=1S/C19H22N6O4/c26-14-22-3-5-23(6-4-22)17-13-20-15(12-21-17)18(27)24-7-9-25(10-8-24)19(28)16-2-1-11-29-16/h1-2,11-14H,3-10H2. The van der Waals surface area contributed by atoms with Crippen LogP contribution in [0, 0.1) is 0 Å². The summed E-state index contributed by atoms with van der Waals surface area (Å²) in [6.07, 6.45) is 5.41. The van der Waals surface area contributed by atoms with Crippen molar-refractivity contribution in [1.82, 2.24) is 24.7 Å². The number of piperazine rings is 2. The Kier molecular flexibility index (Phi) is 5.41. The molecule has 10 heteroatoms. The molecule has 2 aromatic heterocycles. The number of carbonyl (C=O) groups is 3. The third-order valence-corrected chi connectivity index (χ3v) is 5.23. The van der Waals surface area contributed by atoms with Crippen molar-refractivity contribution in [3.63, 3.8) is 0 Å². The number of furan rings is 1. The van der Waals surface area contributed by atoms with E-state index in [4.69, 9.17) is 4.42 Å². The lowest BCUT2D eigenvalue weighted by atomic mass is 10.2. The quantitative estimate of drug-likeness (QED) is 0.665. The van der Waals surface area contributed by atoms with Crippen LogP contribution in [-0.4, -0.2) is 95.3 Å². The number of hydrogen-bond acceptors (Lipinski definition) is 7. The maximum Gasteiger partial charge on any atom is 0.289 e. The van der Waals surface area contributed by atoms with E-state index >= 15 is 0 Å². The van der Waals surface area contributed by atoms with E-state index in [2.05, 4.69) is 9.97 Å². The van der Waals surface area contributed by atoms with Gasteiger partial charge in [-0.15, -0.1) is 0 Å². The fourth-order valence-corrected chi connectivity index (χ4v) is 3.48. The molecule has 0 spiro atoms. The van der Waals surface area contributed by atoms with Gasteiger partial charge in [0, 0.05) is 52.4 Å². The zero-order chi connectivity index (χ0) is 20.2. The summed E-state index contributed by atoms with van der Waals surface area (Å²) < 4.78 is 5.15. The number of aromatic nitrogens is 2. The highest BCUT2D eigenvalue weighted by Crippen LogP contribution is 2.14. The van der Waals surface area contributed by atoms with Crippen LogP contribution in [0.15, 0.2) is 35.2 Å². The molecule has 4 rings (SSSR count). The summed E-state index contributed by atoms with van der Waals surface area (Å²) in [5.41, 5.74) is 0.283. The molecule has 152 valence electrons. The van der Waals surface area contributed by atoms with E-state index in [9.17, 15) is 14.4 Å². The highest BCUT2D eigenvalue weighted by Gasteiger charge is 2.27. The van der Waals surface area contributed by atoms with Crippen LogP contribution in [0.2, 0.25) is 0 Å². The summed E-state index contributed by atoms with van der Waals surface area (Å²) in [7, 11) is 0. The van der Waals surface area contributed by atoms with Gasteiger partial charge >= 0.3 is 0 Å². The molecule has 0 bridgehead atoms. The number of rotatable bonds is 4. The molecule has 2 aliphatic heterocycles. The molecular formula is C19H22N6O4. The van der Waals surface area contributed by atoms with Gasteiger partial charge in [-0.3, -0.25) is 14.4 Å². The average Bonchev–Trinajstić information content (AvgIpc) is 3.33. The van der Waals surface area contributed by atoms with Gasteiger partial charge in [0.25, 0.3) is 11.8 Å². The van der Waals surface area contributed by atoms with Gasteiger partial charge in [-0.2, -0.15) is 0 Å². The van der Waals surface area contributed by atoms with Gasteiger partial charge in [0.05, 0.1) is 18.7 Å². The van der Waals surface area contributed by atoms with Crippen molar-refractivity contribution in [2.24, 2.45) is 0 Å². The first-order valence-corrected chi connectivity index (χ1v) is 9.54. The third-order valence-electron chi connectivity index (χ3n) is 5.23. The largest absolute Gasteiger partial charge is 0.459 e. The molecule has 2 aromatic rings. The lowest BCUT2D eigenvalue weighted by Crippen LogP contribution is -2.50. The minimum absolute atomic E-state index is 0.166. The summed E-state index contributed by atoms with van der Waals surface area (Å²) in [4.78, 5) is 51.6. The Balaban J connectivity index is 1.32. The summed E-state index contributed by atoms with van der Waals surface area (Å²) in [5.74, 6) is 0.641. The summed E-state index contributed by atoms with van der Waals surface area (Å²) in [6, 6.07) is 3.31. The minimum Gasteiger partial charge on any atom is -0.459 e. The van der Waals surface area contributed by atoms with E-state index < -0.39 is 0 Å². The lowest BCUT2D eigenvalue weighted by Gasteiger charge is -2.34. The zero-order valence-corrected chi connectivity index (χ0v) is 15.9. The van der Waals surface area contributed by atoms with Crippen LogP contribution in [0.5, 0.6) is 0 Å². The van der Waals surface area contributed by atoms with E-state index in [1.54, 1.807) is 33.0 Å². The van der Waals surface area contributed by atoms with Crippen molar-refractivity contribution < 1.29 is 18.8 Å². The second-order valence-corrected chi connectivity index (χ2v) is 6.95. The van der Waals surface area contributed by atoms with Crippen molar-refractivity contribution >= 4 is 24.0 Å². The fourth-order valence-electron chi connectivity index (χ4n) is 3.48. The van der Waals surface area contributed by atoms with Gasteiger partial charge < -0.3 is 24.0 Å². The Morgan fingerprint density at radius 1 is 0.897 bits per heavy atom. The van der Waals surface area contributed by atoms with Crippen molar-refractivity contribution in [3.8, 4) is 0 Å². The molecule has 0 unspecified atom stereocenters. The fraction of sp³-hybridized carbons (Fsp3) is 0.421. The van der Waals surface area contributed by atoms with Crippen molar-refractivity contribution in [2.75, 3.05) is 57.3 Å². The Hall–Kier alpha value is -3.43. The Labute approximate surface area is 167 Å². The molecule has 0 atom stereocenters. The van der Waals surface area contributed by atoms with E-state index in [1.165, 1.54) is 12.5 Å². The first kappa shape index (κ1) is 18.9. The van der Waals surface area contributed by atoms with Gasteiger partial charge in [-0.25, -0.2) is 9.97 Å². The van der Waals surface area contributed by atoms with Gasteiger partial charge in [0.15, 0.2) is 5.76 Å². The maximum absolute atomic E-state index is 12.7. The second-order valence-electron chi connectivity index (χ2n) is 6.95. The summed E-state index contributed by atoms with van der Waals surface area (Å²) >= 11 is 0. The molecule has 3 amide bonds. The Morgan fingerprint density at radius 3 is 2.14 bits per heavy atom. The smallest absolute Gasteiger partial charge is 0.289 e. The summed E-state index contributed by atoms with van der Waals surface area (Å²) in [5, 5.41) is 0. The third kappa shape index (κ3) is 4.05. The van der Waals surface area contributed by atoms with Crippen LogP contribution in [0.4, 0.5) is 5.82 Å². The molecule has 2 aliphatic rings. The van der Waals surface area contributed by atoms with Gasteiger partial charge in [-0.05, 0) is 12.1 Å². The van der Waals surface area contributed by atoms with Crippen LogP contribution in [0.25, 0.3) is 0 Å². The maximum atomic E-state index is 12.7. The van der Waals surface area contributed by atoms with Crippen LogP contribution in [0.1, 0.15) is 21.0 Å². The van der Waals surface area contributed by atoms with Gasteiger partial charge in [-0.1, -0.05) is 0 Å². The van der Waals surface area contributed by atoms with Crippen LogP contribution in [-0.2, 0) is 4.79 Å². The molecule has 0 aromatic carbocycles. The van der Waals surface area contributed by atoms with Crippen LogP contribution >= 0.6 is 0 Å². The Bertz CT molecular complexity index is 853. The highest BCUT2D eigenvalue weighted by molar-refractivity contribution is 5.93. The van der Waals surface area contributed by atoms with E-state index in [0.29, 0.717) is 63.9 Å². The van der Waals surface area contributed by atoms with Crippen molar-refractivity contribution in [3.05, 3.63) is 42.2 Å². The van der Waals surface area contributed by atoms with E-state index in [-0.39, 0.29) is 17.5 Å². The minimum atomic E-state index is -0.195.